The summed E-state index contributed by atoms with van der Waals surface area (Å²) in [6.07, 6.45) is 2.66. The molecule has 2 N–H and O–H groups in total. The van der Waals surface area contributed by atoms with Gasteiger partial charge in [0.1, 0.15) is 17.0 Å². The molecule has 2 rings (SSSR count). The molecule has 0 aromatic carbocycles. The third-order valence-corrected chi connectivity index (χ3v) is 4.28. The van der Waals surface area contributed by atoms with Crippen molar-refractivity contribution in [3.8, 4) is 6.07 Å². The van der Waals surface area contributed by atoms with Crippen LogP contribution in [0.1, 0.15) is 18.5 Å². The number of carbonyl (C=O) groups is 1. The lowest BCUT2D eigenvalue weighted by atomic mass is 10.2. The van der Waals surface area contributed by atoms with E-state index in [9.17, 15) is 13.2 Å². The highest BCUT2D eigenvalue weighted by molar-refractivity contribution is 7.89. The van der Waals surface area contributed by atoms with Gasteiger partial charge in [-0.15, -0.1) is 0 Å². The Morgan fingerprint density at radius 2 is 2.26 bits per heavy atom. The number of nitrogens with zero attached hydrogens (tertiary/aromatic N) is 2. The molecule has 7 nitrogen and oxygen atoms in total. The zero-order chi connectivity index (χ0) is 14.0. The molecule has 1 fully saturated rings. The van der Waals surface area contributed by atoms with Crippen LogP contribution in [0.3, 0.4) is 0 Å². The van der Waals surface area contributed by atoms with Crippen molar-refractivity contribution in [3.63, 3.8) is 0 Å². The number of rotatable bonds is 5. The van der Waals surface area contributed by atoms with Gasteiger partial charge in [-0.1, -0.05) is 0 Å². The summed E-state index contributed by atoms with van der Waals surface area (Å²) >= 11 is 0. The fourth-order valence-corrected chi connectivity index (χ4v) is 3.06. The van der Waals surface area contributed by atoms with Crippen LogP contribution in [0.4, 0.5) is 0 Å². The minimum atomic E-state index is -4.07. The molecule has 1 aromatic rings. The Labute approximate surface area is 109 Å². The first-order valence-electron chi connectivity index (χ1n) is 5.56. The van der Waals surface area contributed by atoms with Crippen LogP contribution in [0, 0.1) is 17.2 Å². The second-order valence-corrected chi connectivity index (χ2v) is 5.92. The Morgan fingerprint density at radius 3 is 2.79 bits per heavy atom. The normalized spacial score (nSPS) is 16.6. The van der Waals surface area contributed by atoms with Crippen LogP contribution in [-0.2, 0) is 14.8 Å². The molecule has 0 spiro atoms. The zero-order valence-electron chi connectivity index (χ0n) is 9.78. The van der Waals surface area contributed by atoms with Crippen molar-refractivity contribution in [2.75, 3.05) is 0 Å². The van der Waals surface area contributed by atoms with Gasteiger partial charge in [-0.25, -0.2) is 13.4 Å². The smallest absolute Gasteiger partial charge is 0.322 e. The quantitative estimate of drug-likeness (QED) is 0.789. The molecular weight excluding hydrogens is 270 g/mol. The Morgan fingerprint density at radius 1 is 1.58 bits per heavy atom. The number of carboxylic acids is 1. The summed E-state index contributed by atoms with van der Waals surface area (Å²) in [6, 6.07) is 3.11. The van der Waals surface area contributed by atoms with E-state index in [1.165, 1.54) is 18.3 Å². The van der Waals surface area contributed by atoms with Gasteiger partial charge < -0.3 is 5.11 Å². The van der Waals surface area contributed by atoms with Gasteiger partial charge >= 0.3 is 5.97 Å². The molecule has 8 heteroatoms. The maximum absolute atomic E-state index is 12.1. The first kappa shape index (κ1) is 13.5. The van der Waals surface area contributed by atoms with Crippen LogP contribution >= 0.6 is 0 Å². The fourth-order valence-electron chi connectivity index (χ4n) is 1.70. The van der Waals surface area contributed by atoms with Gasteiger partial charge in [-0.2, -0.15) is 9.98 Å². The van der Waals surface area contributed by atoms with Crippen LogP contribution in [0.15, 0.2) is 23.2 Å². The maximum Gasteiger partial charge on any atom is 0.322 e. The number of hydrogen-bond acceptors (Lipinski definition) is 5. The van der Waals surface area contributed by atoms with Crippen LogP contribution in [0.2, 0.25) is 0 Å². The number of hydrogen-bond donors (Lipinski definition) is 2. The van der Waals surface area contributed by atoms with Crippen LogP contribution < -0.4 is 4.72 Å². The summed E-state index contributed by atoms with van der Waals surface area (Å²) in [7, 11) is -4.07. The summed E-state index contributed by atoms with van der Waals surface area (Å²) in [5.41, 5.74) is -0.255. The van der Waals surface area contributed by atoms with Gasteiger partial charge in [0.25, 0.3) is 0 Å². The van der Waals surface area contributed by atoms with E-state index in [2.05, 4.69) is 9.71 Å². The SMILES string of the molecule is N#Cc1ncccc1S(=O)(=O)NC(C(=O)O)C1CC1. The van der Waals surface area contributed by atoms with Gasteiger partial charge in [0.2, 0.25) is 10.0 Å². The van der Waals surface area contributed by atoms with Crippen LogP contribution in [0.5, 0.6) is 0 Å². The minimum absolute atomic E-state index is 0.186. The first-order valence-corrected chi connectivity index (χ1v) is 7.04. The van der Waals surface area contributed by atoms with Gasteiger partial charge in [0.05, 0.1) is 0 Å². The van der Waals surface area contributed by atoms with E-state index >= 15 is 0 Å². The standard InChI is InChI=1S/C11H11N3O4S/c12-6-8-9(2-1-5-13-8)19(17,18)14-10(11(15)16)7-3-4-7/h1-2,5,7,10,14H,3-4H2,(H,15,16). The minimum Gasteiger partial charge on any atom is -0.480 e. The Balaban J connectivity index is 2.32. The van der Waals surface area contributed by atoms with E-state index in [4.69, 9.17) is 10.4 Å². The second-order valence-electron chi connectivity index (χ2n) is 4.24. The number of nitriles is 1. The molecule has 1 saturated carbocycles. The van der Waals surface area contributed by atoms with Crippen molar-refractivity contribution >= 4 is 16.0 Å². The highest BCUT2D eigenvalue weighted by Gasteiger charge is 2.39. The van der Waals surface area contributed by atoms with E-state index in [1.54, 1.807) is 6.07 Å². The second kappa shape index (κ2) is 4.95. The Kier molecular flexibility index (Phi) is 3.50. The van der Waals surface area contributed by atoms with Crippen molar-refractivity contribution in [3.05, 3.63) is 24.0 Å². The molecule has 1 aliphatic carbocycles. The predicted molar refractivity (Wildman–Crippen MR) is 63.4 cm³/mol. The molecule has 0 amide bonds. The summed E-state index contributed by atoms with van der Waals surface area (Å²) in [6.45, 7) is 0. The summed E-state index contributed by atoms with van der Waals surface area (Å²) in [5.74, 6) is -1.40. The molecule has 1 atom stereocenters. The van der Waals surface area contributed by atoms with Gasteiger partial charge in [0, 0.05) is 6.20 Å². The van der Waals surface area contributed by atoms with Crippen molar-refractivity contribution in [2.45, 2.75) is 23.8 Å². The summed E-state index contributed by atoms with van der Waals surface area (Å²) in [5, 5.41) is 17.8. The van der Waals surface area contributed by atoms with E-state index in [0.717, 1.165) is 0 Å². The third-order valence-electron chi connectivity index (χ3n) is 2.81. The van der Waals surface area contributed by atoms with Gasteiger partial charge in [-0.3, -0.25) is 4.79 Å². The van der Waals surface area contributed by atoms with Gasteiger partial charge in [-0.05, 0) is 30.9 Å². The highest BCUT2D eigenvalue weighted by Crippen LogP contribution is 2.33. The van der Waals surface area contributed by atoms with Crippen molar-refractivity contribution < 1.29 is 18.3 Å². The molecule has 0 bridgehead atoms. The van der Waals surface area contributed by atoms with E-state index in [1.807, 2.05) is 0 Å². The fraction of sp³-hybridized carbons (Fsp3) is 0.364. The lowest BCUT2D eigenvalue weighted by Crippen LogP contribution is -2.42. The largest absolute Gasteiger partial charge is 0.480 e. The van der Waals surface area contributed by atoms with Crippen molar-refractivity contribution in [2.24, 2.45) is 5.92 Å². The third kappa shape index (κ3) is 2.89. The highest BCUT2D eigenvalue weighted by atomic mass is 32.2. The molecule has 1 heterocycles. The van der Waals surface area contributed by atoms with Crippen LogP contribution in [0.25, 0.3) is 0 Å². The molecule has 0 aliphatic heterocycles. The van der Waals surface area contributed by atoms with E-state index in [-0.39, 0.29) is 16.5 Å². The summed E-state index contributed by atoms with van der Waals surface area (Å²) < 4.78 is 26.3. The van der Waals surface area contributed by atoms with E-state index in [0.29, 0.717) is 12.8 Å². The van der Waals surface area contributed by atoms with Gasteiger partial charge in [0.15, 0.2) is 5.69 Å². The Bertz CT molecular complexity index is 646. The van der Waals surface area contributed by atoms with Crippen molar-refractivity contribution in [1.82, 2.24) is 9.71 Å². The van der Waals surface area contributed by atoms with E-state index < -0.39 is 22.0 Å². The number of carboxylic acid groups (broad SMARTS) is 1. The molecule has 1 unspecified atom stereocenters. The van der Waals surface area contributed by atoms with Crippen molar-refractivity contribution in [1.29, 1.82) is 5.26 Å². The zero-order valence-corrected chi connectivity index (χ0v) is 10.6. The topological polar surface area (TPSA) is 120 Å². The molecule has 1 aliphatic rings. The first-order chi connectivity index (χ1) is 8.95. The number of pyridine rings is 1. The number of sulfonamides is 1. The number of aromatic nitrogens is 1. The average molecular weight is 281 g/mol. The molecular formula is C11H11N3O4S. The predicted octanol–water partition coefficient (Wildman–Crippen LogP) is 0.0948. The summed E-state index contributed by atoms with van der Waals surface area (Å²) in [4.78, 5) is 14.4. The lowest BCUT2D eigenvalue weighted by molar-refractivity contribution is -0.139. The maximum atomic E-state index is 12.1. The molecule has 0 radical (unpaired) electrons. The number of nitrogens with one attached hydrogen (secondary N) is 1. The molecule has 1 aromatic heterocycles. The average Bonchev–Trinajstić information content (AvgIpc) is 3.20. The molecule has 19 heavy (non-hydrogen) atoms. The lowest BCUT2D eigenvalue weighted by Gasteiger charge is -2.14. The Hall–Kier alpha value is -1.98. The monoisotopic (exact) mass is 281 g/mol. The molecule has 0 saturated heterocycles. The molecule has 100 valence electrons. The number of aliphatic carboxylic acids is 1. The van der Waals surface area contributed by atoms with Crippen LogP contribution in [-0.4, -0.2) is 30.5 Å².